The SMILES string of the molecule is O=C(O)C1CC2CCCCC2N1Cc1nc2ccccc2s1. The molecule has 1 aliphatic heterocycles. The van der Waals surface area contributed by atoms with Crippen molar-refractivity contribution in [3.8, 4) is 0 Å². The molecule has 1 aromatic carbocycles. The number of fused-ring (bicyclic) bond motifs is 2. The number of benzene rings is 1. The molecule has 1 saturated heterocycles. The van der Waals surface area contributed by atoms with Crippen LogP contribution in [-0.2, 0) is 11.3 Å². The molecule has 3 atom stereocenters. The molecule has 1 aliphatic carbocycles. The Kier molecular flexibility index (Phi) is 3.62. The fourth-order valence-corrected chi connectivity index (χ4v) is 5.14. The van der Waals surface area contributed by atoms with E-state index >= 15 is 0 Å². The van der Waals surface area contributed by atoms with Gasteiger partial charge in [0.1, 0.15) is 11.0 Å². The maximum absolute atomic E-state index is 11.7. The van der Waals surface area contributed by atoms with E-state index in [-0.39, 0.29) is 6.04 Å². The summed E-state index contributed by atoms with van der Waals surface area (Å²) >= 11 is 1.69. The Labute approximate surface area is 133 Å². The van der Waals surface area contributed by atoms with Crippen LogP contribution in [0.3, 0.4) is 0 Å². The molecule has 0 amide bonds. The van der Waals surface area contributed by atoms with Crippen LogP contribution in [0.2, 0.25) is 0 Å². The zero-order chi connectivity index (χ0) is 15.1. The first-order valence-electron chi connectivity index (χ1n) is 8.05. The van der Waals surface area contributed by atoms with Crippen molar-refractivity contribution in [3.63, 3.8) is 0 Å². The van der Waals surface area contributed by atoms with Crippen LogP contribution in [0.15, 0.2) is 24.3 Å². The summed E-state index contributed by atoms with van der Waals surface area (Å²) in [6.45, 7) is 0.678. The summed E-state index contributed by atoms with van der Waals surface area (Å²) in [7, 11) is 0. The lowest BCUT2D eigenvalue weighted by molar-refractivity contribution is -0.142. The fourth-order valence-electron chi connectivity index (χ4n) is 4.17. The molecule has 1 aromatic heterocycles. The number of hydrogen-bond acceptors (Lipinski definition) is 4. The fraction of sp³-hybridized carbons (Fsp3) is 0.529. The quantitative estimate of drug-likeness (QED) is 0.941. The van der Waals surface area contributed by atoms with E-state index in [0.717, 1.165) is 23.4 Å². The topological polar surface area (TPSA) is 53.4 Å². The van der Waals surface area contributed by atoms with Crippen LogP contribution < -0.4 is 0 Å². The van der Waals surface area contributed by atoms with Crippen LogP contribution in [0.25, 0.3) is 10.2 Å². The van der Waals surface area contributed by atoms with Gasteiger partial charge in [-0.05, 0) is 37.3 Å². The van der Waals surface area contributed by atoms with Gasteiger partial charge in [0.25, 0.3) is 0 Å². The van der Waals surface area contributed by atoms with Crippen LogP contribution >= 0.6 is 11.3 Å². The van der Waals surface area contributed by atoms with Crippen molar-refractivity contribution >= 4 is 27.5 Å². The summed E-state index contributed by atoms with van der Waals surface area (Å²) in [5.74, 6) is -0.111. The van der Waals surface area contributed by atoms with Gasteiger partial charge in [-0.15, -0.1) is 11.3 Å². The van der Waals surface area contributed by atoms with Gasteiger partial charge >= 0.3 is 5.97 Å². The van der Waals surface area contributed by atoms with Gasteiger partial charge in [-0.1, -0.05) is 25.0 Å². The number of thiazole rings is 1. The van der Waals surface area contributed by atoms with Crippen molar-refractivity contribution in [1.29, 1.82) is 0 Å². The molecule has 3 unspecified atom stereocenters. The standard InChI is InChI=1S/C17H20N2O2S/c20-17(21)14-9-11-5-1-3-7-13(11)19(14)10-16-18-12-6-2-4-8-15(12)22-16/h2,4,6,8,11,13-14H,1,3,5,7,9-10H2,(H,20,21). The van der Waals surface area contributed by atoms with Gasteiger partial charge in [0.15, 0.2) is 0 Å². The molecule has 0 spiro atoms. The molecule has 2 aliphatic rings. The molecule has 22 heavy (non-hydrogen) atoms. The first-order chi connectivity index (χ1) is 10.7. The van der Waals surface area contributed by atoms with E-state index in [2.05, 4.69) is 11.0 Å². The maximum atomic E-state index is 11.7. The summed E-state index contributed by atoms with van der Waals surface area (Å²) in [5, 5.41) is 10.6. The van der Waals surface area contributed by atoms with E-state index in [1.54, 1.807) is 11.3 Å². The van der Waals surface area contributed by atoms with E-state index in [4.69, 9.17) is 4.98 Å². The Morgan fingerprint density at radius 2 is 2.14 bits per heavy atom. The minimum atomic E-state index is -0.671. The zero-order valence-corrected chi connectivity index (χ0v) is 13.3. The maximum Gasteiger partial charge on any atom is 0.320 e. The van der Waals surface area contributed by atoms with Gasteiger partial charge in [0.2, 0.25) is 0 Å². The molecule has 2 aromatic rings. The van der Waals surface area contributed by atoms with Gasteiger partial charge in [-0.3, -0.25) is 9.69 Å². The first-order valence-corrected chi connectivity index (χ1v) is 8.87. The van der Waals surface area contributed by atoms with Crippen LogP contribution in [0.4, 0.5) is 0 Å². The third-order valence-electron chi connectivity index (χ3n) is 5.16. The highest BCUT2D eigenvalue weighted by atomic mass is 32.1. The van der Waals surface area contributed by atoms with Crippen LogP contribution in [0.1, 0.15) is 37.1 Å². The highest BCUT2D eigenvalue weighted by molar-refractivity contribution is 7.18. The second kappa shape index (κ2) is 5.63. The summed E-state index contributed by atoms with van der Waals surface area (Å²) in [5.41, 5.74) is 1.02. The minimum absolute atomic E-state index is 0.333. The number of aromatic nitrogens is 1. The number of rotatable bonds is 3. The normalized spacial score (nSPS) is 28.8. The number of nitrogens with zero attached hydrogens (tertiary/aromatic N) is 2. The molecule has 1 saturated carbocycles. The average molecular weight is 316 g/mol. The molecule has 0 radical (unpaired) electrons. The van der Waals surface area contributed by atoms with E-state index in [0.29, 0.717) is 18.5 Å². The number of hydrogen-bond donors (Lipinski definition) is 1. The molecule has 4 nitrogen and oxygen atoms in total. The predicted molar refractivity (Wildman–Crippen MR) is 86.9 cm³/mol. The Bertz CT molecular complexity index is 666. The lowest BCUT2D eigenvalue weighted by Gasteiger charge is -2.32. The molecule has 0 bridgehead atoms. The van der Waals surface area contributed by atoms with E-state index in [9.17, 15) is 9.90 Å². The average Bonchev–Trinajstić information content (AvgIpc) is 3.09. The number of carboxylic acids is 1. The Hall–Kier alpha value is -1.46. The highest BCUT2D eigenvalue weighted by Gasteiger charge is 2.45. The molecule has 1 N–H and O–H groups in total. The van der Waals surface area contributed by atoms with Crippen molar-refractivity contribution in [1.82, 2.24) is 9.88 Å². The third-order valence-corrected chi connectivity index (χ3v) is 6.18. The van der Waals surface area contributed by atoms with Crippen molar-refractivity contribution in [2.75, 3.05) is 0 Å². The third kappa shape index (κ3) is 2.42. The van der Waals surface area contributed by atoms with Gasteiger partial charge in [-0.25, -0.2) is 4.98 Å². The monoisotopic (exact) mass is 316 g/mol. The summed E-state index contributed by atoms with van der Waals surface area (Å²) in [6.07, 6.45) is 5.61. The highest BCUT2D eigenvalue weighted by Crippen LogP contribution is 2.41. The van der Waals surface area contributed by atoms with Gasteiger partial charge in [-0.2, -0.15) is 0 Å². The second-order valence-corrected chi connectivity index (χ2v) is 7.56. The minimum Gasteiger partial charge on any atom is -0.480 e. The Morgan fingerprint density at radius 1 is 1.32 bits per heavy atom. The van der Waals surface area contributed by atoms with Crippen LogP contribution in [-0.4, -0.2) is 33.0 Å². The van der Waals surface area contributed by atoms with Crippen molar-refractivity contribution in [2.45, 2.75) is 50.7 Å². The summed E-state index contributed by atoms with van der Waals surface area (Å²) < 4.78 is 1.18. The molecule has 4 rings (SSSR count). The van der Waals surface area contributed by atoms with Crippen molar-refractivity contribution < 1.29 is 9.90 Å². The number of aliphatic carboxylic acids is 1. The molecular weight excluding hydrogens is 296 g/mol. The van der Waals surface area contributed by atoms with E-state index in [1.165, 1.54) is 24.0 Å². The zero-order valence-electron chi connectivity index (χ0n) is 12.4. The van der Waals surface area contributed by atoms with E-state index in [1.807, 2.05) is 18.2 Å². The van der Waals surface area contributed by atoms with E-state index < -0.39 is 5.97 Å². The number of carboxylic acid groups (broad SMARTS) is 1. The largest absolute Gasteiger partial charge is 0.480 e. The number of carbonyl (C=O) groups is 1. The van der Waals surface area contributed by atoms with Gasteiger partial charge < -0.3 is 5.11 Å². The molecule has 2 heterocycles. The molecular formula is C17H20N2O2S. The van der Waals surface area contributed by atoms with Crippen molar-refractivity contribution in [3.05, 3.63) is 29.3 Å². The lowest BCUT2D eigenvalue weighted by Crippen LogP contribution is -2.41. The lowest BCUT2D eigenvalue weighted by atomic mass is 9.85. The molecule has 116 valence electrons. The van der Waals surface area contributed by atoms with Gasteiger partial charge in [0, 0.05) is 6.04 Å². The second-order valence-electron chi connectivity index (χ2n) is 6.45. The number of likely N-dealkylation sites (tertiary alicyclic amines) is 1. The smallest absolute Gasteiger partial charge is 0.320 e. The molecule has 5 heteroatoms. The van der Waals surface area contributed by atoms with Gasteiger partial charge in [0.05, 0.1) is 16.8 Å². The van der Waals surface area contributed by atoms with Crippen LogP contribution in [0.5, 0.6) is 0 Å². The predicted octanol–water partition coefficient (Wildman–Crippen LogP) is 3.51. The van der Waals surface area contributed by atoms with Crippen LogP contribution in [0, 0.1) is 5.92 Å². The Morgan fingerprint density at radius 3 is 2.95 bits per heavy atom. The Balaban J connectivity index is 1.62. The molecule has 2 fully saturated rings. The summed E-state index contributed by atoms with van der Waals surface area (Å²) in [6, 6.07) is 8.23. The first kappa shape index (κ1) is 14.2. The number of para-hydroxylation sites is 1. The van der Waals surface area contributed by atoms with Crippen molar-refractivity contribution in [2.24, 2.45) is 5.92 Å². The summed E-state index contributed by atoms with van der Waals surface area (Å²) in [4.78, 5) is 18.6.